The number of aliphatic hydroxyl groups is 2. The largest absolute Gasteiger partial charge is 2.00 e. The first kappa shape index (κ1) is 37.7. The Morgan fingerprint density at radius 2 is 1.09 bits per heavy atom. The van der Waals surface area contributed by atoms with E-state index >= 15 is 0 Å². The van der Waals surface area contributed by atoms with E-state index < -0.39 is 60.1 Å². The molecule has 34 heavy (non-hydrogen) atoms. The van der Waals surface area contributed by atoms with E-state index in [-0.39, 0.29) is 40.0 Å². The van der Waals surface area contributed by atoms with Crippen LogP contribution in [-0.2, 0) is 38.0 Å². The predicted molar refractivity (Wildman–Crippen MR) is 120 cm³/mol. The maximum absolute atomic E-state index is 11.3. The number of ether oxygens (including phenoxy) is 6. The number of rotatable bonds is 6. The van der Waals surface area contributed by atoms with Gasteiger partial charge < -0.3 is 62.2 Å². The molecular formula is C22H35BrMgO10. The van der Waals surface area contributed by atoms with Gasteiger partial charge in [0, 0.05) is 0 Å². The summed E-state index contributed by atoms with van der Waals surface area (Å²) in [5.74, 6) is -3.13. The smallest absolute Gasteiger partial charge is 1.00 e. The van der Waals surface area contributed by atoms with E-state index in [4.69, 9.17) is 18.9 Å². The molecule has 0 aromatic carbocycles. The molecule has 2 heterocycles. The Hall–Kier alpha value is -0.834. The van der Waals surface area contributed by atoms with Gasteiger partial charge in [-0.1, -0.05) is 12.2 Å². The SMILES string of the molecule is C=C[C@H](O)C1OC(C)(C)O[C@H]1[C@@H](O)C=C.COC(=O)C1OC(C)(C)O[C@H]1C(=O)OC.[Br-].[CH-]=C.[Mg+2]. The molecule has 0 bridgehead atoms. The average molecular weight is 564 g/mol. The number of hydrogen-bond donors (Lipinski definition) is 2. The zero-order chi connectivity index (χ0) is 25.3. The van der Waals surface area contributed by atoms with E-state index in [1.165, 1.54) is 26.4 Å². The average Bonchev–Trinajstić information content (AvgIpc) is 3.28. The Bertz CT molecular complexity index is 608. The topological polar surface area (TPSA) is 130 Å². The first-order valence-electron chi connectivity index (χ1n) is 9.71. The molecule has 0 spiro atoms. The molecule has 192 valence electrons. The van der Waals surface area contributed by atoms with Crippen LogP contribution in [0.1, 0.15) is 27.7 Å². The molecule has 0 amide bonds. The summed E-state index contributed by atoms with van der Waals surface area (Å²) in [6.07, 6.45) is -2.40. The van der Waals surface area contributed by atoms with Crippen molar-refractivity contribution in [3.8, 4) is 0 Å². The Kier molecular flexibility index (Phi) is 18.6. The van der Waals surface area contributed by atoms with Gasteiger partial charge in [-0.2, -0.15) is 0 Å². The van der Waals surface area contributed by atoms with Crippen LogP contribution >= 0.6 is 0 Å². The van der Waals surface area contributed by atoms with Crippen LogP contribution in [0.2, 0.25) is 0 Å². The number of carbonyl (C=O) groups excluding carboxylic acids is 2. The Morgan fingerprint density at radius 3 is 1.32 bits per heavy atom. The van der Waals surface area contributed by atoms with Crippen molar-refractivity contribution < 1.29 is 65.2 Å². The maximum Gasteiger partial charge on any atom is 2.00 e. The fourth-order valence-corrected chi connectivity index (χ4v) is 2.95. The summed E-state index contributed by atoms with van der Waals surface area (Å²) >= 11 is 0. The Balaban J connectivity index is -0.000000499. The molecule has 10 nitrogen and oxygen atoms in total. The van der Waals surface area contributed by atoms with Gasteiger partial charge in [-0.05, 0) is 27.7 Å². The maximum atomic E-state index is 11.3. The molecule has 2 rings (SSSR count). The summed E-state index contributed by atoms with van der Waals surface area (Å²) in [6.45, 7) is 20.6. The molecule has 12 heteroatoms. The first-order chi connectivity index (χ1) is 14.8. The van der Waals surface area contributed by atoms with Gasteiger partial charge in [-0.25, -0.2) is 9.59 Å². The van der Waals surface area contributed by atoms with E-state index in [1.54, 1.807) is 27.7 Å². The predicted octanol–water partition coefficient (Wildman–Crippen LogP) is -2.32. The Labute approximate surface area is 228 Å². The first-order valence-corrected chi connectivity index (χ1v) is 9.71. The van der Waals surface area contributed by atoms with Gasteiger partial charge in [0.05, 0.1) is 14.2 Å². The minimum absolute atomic E-state index is 0. The van der Waals surface area contributed by atoms with Crippen molar-refractivity contribution in [2.75, 3.05) is 14.2 Å². The van der Waals surface area contributed by atoms with E-state index in [9.17, 15) is 19.8 Å². The van der Waals surface area contributed by atoms with Crippen LogP contribution < -0.4 is 17.0 Å². The summed E-state index contributed by atoms with van der Waals surface area (Å²) in [7, 11) is 2.43. The fraction of sp³-hybridized carbons (Fsp3) is 0.636. The molecule has 2 aliphatic rings. The molecule has 0 saturated carbocycles. The molecular weight excluding hydrogens is 528 g/mol. The minimum atomic E-state index is -1.07. The summed E-state index contributed by atoms with van der Waals surface area (Å²) < 4.78 is 30.5. The summed E-state index contributed by atoms with van der Waals surface area (Å²) in [4.78, 5) is 22.6. The van der Waals surface area contributed by atoms with Crippen molar-refractivity contribution in [2.45, 2.75) is 75.9 Å². The van der Waals surface area contributed by atoms with Crippen LogP contribution in [0.15, 0.2) is 31.9 Å². The van der Waals surface area contributed by atoms with Crippen molar-refractivity contribution >= 4 is 35.0 Å². The van der Waals surface area contributed by atoms with Crippen molar-refractivity contribution in [2.24, 2.45) is 0 Å². The van der Waals surface area contributed by atoms with Crippen molar-refractivity contribution in [3.05, 3.63) is 38.5 Å². The fourth-order valence-electron chi connectivity index (χ4n) is 2.95. The standard InChI is InChI=1S/C11H18O4.C9H14O6.C2H3.BrH.Mg/c1-5-7(12)9-10(8(13)6-2)15-11(3,4)14-9;1-9(2)14-5(7(10)12-3)6(15-9)8(11)13-4;1-2;;/h5-10,12-13H,1-2H2,3-4H3;5-6H,1-4H3;1H,2H2;1H;/q;;-1;;+2/p-1/t7-,8-,9-,10?;5-,6?;;;/m01.../s1. The van der Waals surface area contributed by atoms with Crippen LogP contribution in [0.3, 0.4) is 0 Å². The van der Waals surface area contributed by atoms with Crippen LogP contribution in [0.5, 0.6) is 0 Å². The number of halogens is 1. The molecule has 2 fully saturated rings. The summed E-state index contributed by atoms with van der Waals surface area (Å²) in [5.41, 5.74) is 0. The molecule has 6 atom stereocenters. The zero-order valence-electron chi connectivity index (χ0n) is 20.6. The molecule has 0 aromatic heterocycles. The van der Waals surface area contributed by atoms with Crippen LogP contribution in [-0.4, -0.2) is 108 Å². The Morgan fingerprint density at radius 1 is 0.824 bits per heavy atom. The van der Waals surface area contributed by atoms with E-state index in [2.05, 4.69) is 35.8 Å². The number of aliphatic hydroxyl groups excluding tert-OH is 2. The van der Waals surface area contributed by atoms with Crippen molar-refractivity contribution in [3.63, 3.8) is 0 Å². The molecule has 2 N–H and O–H groups in total. The molecule has 0 aromatic rings. The minimum Gasteiger partial charge on any atom is -1.00 e. The number of carbonyl (C=O) groups is 2. The van der Waals surface area contributed by atoms with Gasteiger partial charge in [0.1, 0.15) is 24.4 Å². The summed E-state index contributed by atoms with van der Waals surface area (Å²) in [6, 6.07) is 0. The van der Waals surface area contributed by atoms with Gasteiger partial charge >= 0.3 is 35.0 Å². The molecule has 2 unspecified atom stereocenters. The van der Waals surface area contributed by atoms with Gasteiger partial charge in [0.2, 0.25) is 0 Å². The molecule has 2 aliphatic heterocycles. The number of hydrogen-bond acceptors (Lipinski definition) is 10. The van der Waals surface area contributed by atoms with E-state index in [0.717, 1.165) is 0 Å². The molecule has 0 radical (unpaired) electrons. The van der Waals surface area contributed by atoms with Crippen LogP contribution in [0.4, 0.5) is 0 Å². The zero-order valence-corrected chi connectivity index (χ0v) is 23.6. The van der Waals surface area contributed by atoms with Crippen LogP contribution in [0.25, 0.3) is 0 Å². The third kappa shape index (κ3) is 10.8. The summed E-state index contributed by atoms with van der Waals surface area (Å²) in [5, 5.41) is 19.3. The van der Waals surface area contributed by atoms with Crippen molar-refractivity contribution in [1.82, 2.24) is 0 Å². The second-order valence-electron chi connectivity index (χ2n) is 7.54. The van der Waals surface area contributed by atoms with E-state index in [0.29, 0.717) is 0 Å². The van der Waals surface area contributed by atoms with Gasteiger partial charge in [0.25, 0.3) is 0 Å². The van der Waals surface area contributed by atoms with Crippen LogP contribution in [0, 0.1) is 6.58 Å². The van der Waals surface area contributed by atoms with Gasteiger partial charge in [0.15, 0.2) is 23.8 Å². The number of methoxy groups -OCH3 is 2. The quantitative estimate of drug-likeness (QED) is 0.157. The third-order valence-electron chi connectivity index (χ3n) is 4.28. The molecule has 2 saturated heterocycles. The monoisotopic (exact) mass is 562 g/mol. The van der Waals surface area contributed by atoms with Gasteiger partial charge in [-0.3, -0.25) is 6.58 Å². The van der Waals surface area contributed by atoms with E-state index in [1.807, 2.05) is 0 Å². The molecule has 0 aliphatic carbocycles. The van der Waals surface area contributed by atoms with Crippen molar-refractivity contribution in [1.29, 1.82) is 0 Å². The number of esters is 2. The third-order valence-corrected chi connectivity index (χ3v) is 4.28. The second-order valence-corrected chi connectivity index (χ2v) is 7.54. The van der Waals surface area contributed by atoms with Gasteiger partial charge in [-0.15, -0.1) is 13.2 Å². The normalized spacial score (nSPS) is 27.4. The second kappa shape index (κ2) is 16.8.